The standard InChI is InChI=1S/C19H23FN4O.HI/c1-24(2)18(25)14-23-19(21-12-15-7-4-3-5-8-15)22-13-16-9-6-10-17(20)11-16;/h3-11H,12-14H2,1-2H3,(H2,21,22,23);1H. The third-order valence-corrected chi connectivity index (χ3v) is 3.52. The topological polar surface area (TPSA) is 56.7 Å². The monoisotopic (exact) mass is 470 g/mol. The molecule has 140 valence electrons. The van der Waals surface area contributed by atoms with E-state index in [0.29, 0.717) is 19.0 Å². The van der Waals surface area contributed by atoms with Crippen molar-refractivity contribution in [2.24, 2.45) is 4.99 Å². The van der Waals surface area contributed by atoms with Gasteiger partial charge in [-0.25, -0.2) is 9.38 Å². The fourth-order valence-corrected chi connectivity index (χ4v) is 2.08. The van der Waals surface area contributed by atoms with Crippen LogP contribution >= 0.6 is 24.0 Å². The van der Waals surface area contributed by atoms with E-state index in [1.165, 1.54) is 17.0 Å². The maximum absolute atomic E-state index is 13.3. The van der Waals surface area contributed by atoms with Crippen molar-refractivity contribution in [2.45, 2.75) is 13.1 Å². The van der Waals surface area contributed by atoms with Gasteiger partial charge in [-0.2, -0.15) is 0 Å². The number of guanidine groups is 1. The van der Waals surface area contributed by atoms with Crippen LogP contribution in [0, 0.1) is 5.82 Å². The molecule has 0 spiro atoms. The zero-order valence-electron chi connectivity index (χ0n) is 14.9. The van der Waals surface area contributed by atoms with Gasteiger partial charge in [-0.05, 0) is 23.3 Å². The molecule has 0 saturated heterocycles. The van der Waals surface area contributed by atoms with Gasteiger partial charge in [-0.1, -0.05) is 42.5 Å². The zero-order chi connectivity index (χ0) is 18.1. The van der Waals surface area contributed by atoms with E-state index >= 15 is 0 Å². The fourth-order valence-electron chi connectivity index (χ4n) is 2.08. The van der Waals surface area contributed by atoms with Crippen molar-refractivity contribution in [2.75, 3.05) is 20.6 Å². The smallest absolute Gasteiger partial charge is 0.241 e. The zero-order valence-corrected chi connectivity index (χ0v) is 17.2. The summed E-state index contributed by atoms with van der Waals surface area (Å²) in [5, 5.41) is 6.20. The van der Waals surface area contributed by atoms with Gasteiger partial charge < -0.3 is 15.5 Å². The van der Waals surface area contributed by atoms with Crippen molar-refractivity contribution in [1.29, 1.82) is 0 Å². The molecule has 0 fully saturated rings. The lowest BCUT2D eigenvalue weighted by molar-refractivity contribution is -0.127. The van der Waals surface area contributed by atoms with Crippen molar-refractivity contribution < 1.29 is 9.18 Å². The van der Waals surface area contributed by atoms with Crippen LogP contribution < -0.4 is 10.6 Å². The van der Waals surface area contributed by atoms with E-state index in [-0.39, 0.29) is 42.2 Å². The van der Waals surface area contributed by atoms with E-state index < -0.39 is 0 Å². The van der Waals surface area contributed by atoms with Crippen LogP contribution in [-0.2, 0) is 17.9 Å². The maximum Gasteiger partial charge on any atom is 0.241 e. The van der Waals surface area contributed by atoms with E-state index in [1.807, 2.05) is 36.4 Å². The first-order valence-corrected chi connectivity index (χ1v) is 8.05. The molecule has 0 heterocycles. The second-order valence-electron chi connectivity index (χ2n) is 5.78. The Balaban J connectivity index is 0.00000338. The van der Waals surface area contributed by atoms with Gasteiger partial charge in [0.15, 0.2) is 5.96 Å². The van der Waals surface area contributed by atoms with Crippen LogP contribution in [0.15, 0.2) is 59.6 Å². The molecule has 0 aliphatic carbocycles. The van der Waals surface area contributed by atoms with E-state index in [9.17, 15) is 9.18 Å². The summed E-state index contributed by atoms with van der Waals surface area (Å²) in [6.07, 6.45) is 0. The molecular weight excluding hydrogens is 446 g/mol. The lowest BCUT2D eigenvalue weighted by Crippen LogP contribution is -2.42. The van der Waals surface area contributed by atoms with Gasteiger partial charge >= 0.3 is 0 Å². The van der Waals surface area contributed by atoms with Crippen molar-refractivity contribution in [3.63, 3.8) is 0 Å². The number of benzene rings is 2. The van der Waals surface area contributed by atoms with Gasteiger partial charge in [0.2, 0.25) is 5.91 Å². The molecule has 0 aliphatic rings. The Morgan fingerprint density at radius 1 is 1.04 bits per heavy atom. The SMILES string of the molecule is CN(C)C(=O)CNC(=NCc1cccc(F)c1)NCc1ccccc1.I. The lowest BCUT2D eigenvalue weighted by Gasteiger charge is -2.15. The number of amides is 1. The Bertz CT molecular complexity index is 722. The second kappa shape index (κ2) is 11.5. The first kappa shape index (κ1) is 21.9. The summed E-state index contributed by atoms with van der Waals surface area (Å²) in [6.45, 7) is 1.03. The number of hydrogen-bond donors (Lipinski definition) is 2. The van der Waals surface area contributed by atoms with Gasteiger partial charge in [-0.3, -0.25) is 4.79 Å². The third-order valence-electron chi connectivity index (χ3n) is 3.52. The minimum atomic E-state index is -0.290. The summed E-state index contributed by atoms with van der Waals surface area (Å²) < 4.78 is 13.3. The predicted octanol–water partition coefficient (Wildman–Crippen LogP) is 2.77. The number of nitrogens with zero attached hydrogens (tertiary/aromatic N) is 2. The summed E-state index contributed by atoms with van der Waals surface area (Å²) in [4.78, 5) is 17.7. The minimum absolute atomic E-state index is 0. The van der Waals surface area contributed by atoms with Crippen LogP contribution in [-0.4, -0.2) is 37.4 Å². The largest absolute Gasteiger partial charge is 0.352 e. The Labute approximate surface area is 170 Å². The fraction of sp³-hybridized carbons (Fsp3) is 0.263. The quantitative estimate of drug-likeness (QED) is 0.388. The normalized spacial score (nSPS) is 10.7. The lowest BCUT2D eigenvalue weighted by atomic mass is 10.2. The number of carbonyl (C=O) groups excluding carboxylic acids is 1. The number of rotatable bonds is 6. The van der Waals surface area contributed by atoms with E-state index in [4.69, 9.17) is 0 Å². The van der Waals surface area contributed by atoms with Gasteiger partial charge in [0.25, 0.3) is 0 Å². The Hall–Kier alpha value is -2.16. The van der Waals surface area contributed by atoms with Gasteiger partial charge in [0.1, 0.15) is 5.82 Å². The van der Waals surface area contributed by atoms with Crippen LogP contribution in [0.4, 0.5) is 4.39 Å². The van der Waals surface area contributed by atoms with Crippen LogP contribution in [0.3, 0.4) is 0 Å². The molecule has 0 saturated carbocycles. The molecule has 1 amide bonds. The summed E-state index contributed by atoms with van der Waals surface area (Å²) >= 11 is 0. The molecule has 0 unspecified atom stereocenters. The molecule has 0 atom stereocenters. The molecule has 2 rings (SSSR count). The number of hydrogen-bond acceptors (Lipinski definition) is 2. The van der Waals surface area contributed by atoms with Gasteiger partial charge in [0.05, 0.1) is 13.1 Å². The van der Waals surface area contributed by atoms with Crippen LogP contribution in [0.2, 0.25) is 0 Å². The maximum atomic E-state index is 13.3. The van der Waals surface area contributed by atoms with Crippen LogP contribution in [0.5, 0.6) is 0 Å². The first-order valence-electron chi connectivity index (χ1n) is 8.05. The van der Waals surface area contributed by atoms with E-state index in [2.05, 4.69) is 15.6 Å². The Morgan fingerprint density at radius 3 is 2.38 bits per heavy atom. The Kier molecular flexibility index (Phi) is 9.64. The number of halogens is 2. The number of nitrogens with one attached hydrogen (secondary N) is 2. The number of aliphatic imine (C=N–C) groups is 1. The van der Waals surface area contributed by atoms with Crippen molar-refractivity contribution in [3.05, 3.63) is 71.5 Å². The molecule has 2 aromatic rings. The first-order chi connectivity index (χ1) is 12.0. The summed E-state index contributed by atoms with van der Waals surface area (Å²) in [7, 11) is 3.40. The average molecular weight is 470 g/mol. The summed E-state index contributed by atoms with van der Waals surface area (Å²) in [5.41, 5.74) is 1.86. The molecule has 2 aromatic carbocycles. The van der Waals surface area contributed by atoms with E-state index in [0.717, 1.165) is 11.1 Å². The number of likely N-dealkylation sites (N-methyl/N-ethyl adjacent to an activating group) is 1. The van der Waals surface area contributed by atoms with Crippen molar-refractivity contribution in [1.82, 2.24) is 15.5 Å². The summed E-state index contributed by atoms with van der Waals surface area (Å²) in [6, 6.07) is 16.2. The molecule has 2 N–H and O–H groups in total. The third kappa shape index (κ3) is 7.81. The Morgan fingerprint density at radius 2 is 1.73 bits per heavy atom. The molecule has 0 bridgehead atoms. The summed E-state index contributed by atoms with van der Waals surface area (Å²) in [5.74, 6) is 0.158. The van der Waals surface area contributed by atoms with Crippen molar-refractivity contribution in [3.8, 4) is 0 Å². The van der Waals surface area contributed by atoms with Gasteiger partial charge in [-0.15, -0.1) is 24.0 Å². The molecule has 5 nitrogen and oxygen atoms in total. The highest BCUT2D eigenvalue weighted by atomic mass is 127. The molecule has 0 aliphatic heterocycles. The van der Waals surface area contributed by atoms with Crippen molar-refractivity contribution >= 4 is 35.8 Å². The van der Waals surface area contributed by atoms with Crippen LogP contribution in [0.25, 0.3) is 0 Å². The van der Waals surface area contributed by atoms with Gasteiger partial charge in [0, 0.05) is 20.6 Å². The average Bonchev–Trinajstić information content (AvgIpc) is 2.61. The highest BCUT2D eigenvalue weighted by Crippen LogP contribution is 2.05. The minimum Gasteiger partial charge on any atom is -0.352 e. The number of carbonyl (C=O) groups is 1. The highest BCUT2D eigenvalue weighted by molar-refractivity contribution is 14.0. The second-order valence-corrected chi connectivity index (χ2v) is 5.78. The van der Waals surface area contributed by atoms with E-state index in [1.54, 1.807) is 20.2 Å². The highest BCUT2D eigenvalue weighted by Gasteiger charge is 2.06. The van der Waals surface area contributed by atoms with Crippen LogP contribution in [0.1, 0.15) is 11.1 Å². The predicted molar refractivity (Wildman–Crippen MR) is 113 cm³/mol. The molecular formula is C19H24FIN4O. The molecule has 26 heavy (non-hydrogen) atoms. The molecule has 0 aromatic heterocycles. The molecule has 0 radical (unpaired) electrons. The molecule has 7 heteroatoms.